The van der Waals surface area contributed by atoms with Gasteiger partial charge in [0.25, 0.3) is 0 Å². The SMILES string of the molecule is CCCNc1ncnc(NCCS(=O)CC)c1CC. The molecule has 0 spiro atoms. The Hall–Kier alpha value is -1.17. The zero-order valence-corrected chi connectivity index (χ0v) is 12.8. The molecule has 6 heteroatoms. The Balaban J connectivity index is 2.68. The van der Waals surface area contributed by atoms with Gasteiger partial charge in [-0.1, -0.05) is 20.8 Å². The molecule has 0 saturated carbocycles. The molecule has 1 unspecified atom stereocenters. The molecule has 108 valence electrons. The maximum absolute atomic E-state index is 11.4. The van der Waals surface area contributed by atoms with E-state index in [9.17, 15) is 4.21 Å². The van der Waals surface area contributed by atoms with Gasteiger partial charge in [0.1, 0.15) is 18.0 Å². The van der Waals surface area contributed by atoms with Crippen molar-refractivity contribution in [2.75, 3.05) is 35.2 Å². The standard InChI is InChI=1S/C13H24N4OS/c1-4-7-14-12-11(5-2)13(17-10-16-12)15-8-9-19(18)6-3/h10H,4-9H2,1-3H3,(H2,14,15,16,17). The van der Waals surface area contributed by atoms with Crippen LogP contribution < -0.4 is 10.6 Å². The first-order chi connectivity index (χ1) is 9.22. The first kappa shape index (κ1) is 15.9. The summed E-state index contributed by atoms with van der Waals surface area (Å²) in [5.41, 5.74) is 1.10. The molecule has 0 aliphatic carbocycles. The minimum absolute atomic E-state index is 0.654. The van der Waals surface area contributed by atoms with Crippen LogP contribution in [0.25, 0.3) is 0 Å². The lowest BCUT2D eigenvalue weighted by molar-refractivity contribution is 0.684. The van der Waals surface area contributed by atoms with Gasteiger partial charge < -0.3 is 10.6 Å². The quantitative estimate of drug-likeness (QED) is 0.726. The van der Waals surface area contributed by atoms with E-state index >= 15 is 0 Å². The highest BCUT2D eigenvalue weighted by molar-refractivity contribution is 7.84. The van der Waals surface area contributed by atoms with Crippen molar-refractivity contribution in [1.82, 2.24) is 9.97 Å². The van der Waals surface area contributed by atoms with Crippen molar-refractivity contribution in [3.05, 3.63) is 11.9 Å². The molecular formula is C13H24N4OS. The van der Waals surface area contributed by atoms with E-state index in [1.165, 1.54) is 0 Å². The summed E-state index contributed by atoms with van der Waals surface area (Å²) in [6.07, 6.45) is 3.49. The van der Waals surface area contributed by atoms with Crippen molar-refractivity contribution in [2.24, 2.45) is 0 Å². The lowest BCUT2D eigenvalue weighted by Crippen LogP contribution is -2.15. The molecule has 2 N–H and O–H groups in total. The van der Waals surface area contributed by atoms with Crippen LogP contribution in [0.15, 0.2) is 6.33 Å². The van der Waals surface area contributed by atoms with Crippen LogP contribution >= 0.6 is 0 Å². The van der Waals surface area contributed by atoms with Gasteiger partial charge in [-0.15, -0.1) is 0 Å². The van der Waals surface area contributed by atoms with E-state index < -0.39 is 10.8 Å². The Morgan fingerprint density at radius 3 is 2.26 bits per heavy atom. The van der Waals surface area contributed by atoms with Gasteiger partial charge in [0.2, 0.25) is 0 Å². The molecule has 0 aliphatic heterocycles. The highest BCUT2D eigenvalue weighted by Gasteiger charge is 2.09. The van der Waals surface area contributed by atoms with E-state index in [1.807, 2.05) is 6.92 Å². The first-order valence-electron chi connectivity index (χ1n) is 6.89. The van der Waals surface area contributed by atoms with Crippen molar-refractivity contribution in [3.63, 3.8) is 0 Å². The molecular weight excluding hydrogens is 260 g/mol. The molecule has 0 aliphatic rings. The van der Waals surface area contributed by atoms with Crippen LogP contribution in [0.3, 0.4) is 0 Å². The normalized spacial score (nSPS) is 12.2. The minimum atomic E-state index is -0.741. The van der Waals surface area contributed by atoms with Crippen molar-refractivity contribution in [1.29, 1.82) is 0 Å². The fourth-order valence-electron chi connectivity index (χ4n) is 1.72. The number of anilines is 2. The Labute approximate surface area is 118 Å². The van der Waals surface area contributed by atoms with Gasteiger partial charge in [0.15, 0.2) is 0 Å². The third-order valence-corrected chi connectivity index (χ3v) is 4.09. The molecule has 1 heterocycles. The molecule has 19 heavy (non-hydrogen) atoms. The zero-order valence-electron chi connectivity index (χ0n) is 12.0. The topological polar surface area (TPSA) is 66.9 Å². The van der Waals surface area contributed by atoms with E-state index in [0.717, 1.165) is 36.6 Å². The second-order valence-corrected chi connectivity index (χ2v) is 6.05. The van der Waals surface area contributed by atoms with E-state index in [4.69, 9.17) is 0 Å². The molecule has 1 aromatic heterocycles. The monoisotopic (exact) mass is 284 g/mol. The smallest absolute Gasteiger partial charge is 0.134 e. The highest BCUT2D eigenvalue weighted by Crippen LogP contribution is 2.20. The van der Waals surface area contributed by atoms with Gasteiger partial charge in [-0.2, -0.15) is 0 Å². The number of aromatic nitrogens is 2. The summed E-state index contributed by atoms with van der Waals surface area (Å²) < 4.78 is 11.4. The average Bonchev–Trinajstić information content (AvgIpc) is 2.44. The van der Waals surface area contributed by atoms with Crippen LogP contribution in [0.5, 0.6) is 0 Å². The summed E-state index contributed by atoms with van der Waals surface area (Å²) in [7, 11) is -0.741. The molecule has 0 bridgehead atoms. The van der Waals surface area contributed by atoms with Gasteiger partial charge in [-0.05, 0) is 12.8 Å². The summed E-state index contributed by atoms with van der Waals surface area (Å²) >= 11 is 0. The van der Waals surface area contributed by atoms with Crippen molar-refractivity contribution >= 4 is 22.4 Å². The van der Waals surface area contributed by atoms with Gasteiger partial charge in [-0.25, -0.2) is 9.97 Å². The summed E-state index contributed by atoms with van der Waals surface area (Å²) in [4.78, 5) is 8.56. The van der Waals surface area contributed by atoms with Crippen molar-refractivity contribution in [2.45, 2.75) is 33.6 Å². The van der Waals surface area contributed by atoms with Crippen molar-refractivity contribution < 1.29 is 4.21 Å². The predicted molar refractivity (Wildman–Crippen MR) is 82.2 cm³/mol. The van der Waals surface area contributed by atoms with Gasteiger partial charge in [0.05, 0.1) is 0 Å². The lowest BCUT2D eigenvalue weighted by atomic mass is 10.2. The summed E-state index contributed by atoms with van der Waals surface area (Å²) in [6, 6.07) is 0. The molecule has 1 aromatic rings. The highest BCUT2D eigenvalue weighted by atomic mass is 32.2. The number of hydrogen-bond acceptors (Lipinski definition) is 5. The summed E-state index contributed by atoms with van der Waals surface area (Å²) in [5.74, 6) is 3.11. The molecule has 0 radical (unpaired) electrons. The van der Waals surface area contributed by atoms with Gasteiger partial charge >= 0.3 is 0 Å². The summed E-state index contributed by atoms with van der Waals surface area (Å²) in [5, 5.41) is 6.58. The molecule has 1 atom stereocenters. The molecule has 0 amide bonds. The minimum Gasteiger partial charge on any atom is -0.370 e. The Bertz CT molecular complexity index is 412. The van der Waals surface area contributed by atoms with E-state index in [1.54, 1.807) is 6.33 Å². The second-order valence-electron chi connectivity index (χ2n) is 4.19. The Morgan fingerprint density at radius 2 is 1.74 bits per heavy atom. The van der Waals surface area contributed by atoms with Crippen LogP contribution in [0, 0.1) is 0 Å². The molecule has 1 rings (SSSR count). The zero-order chi connectivity index (χ0) is 14.1. The van der Waals surface area contributed by atoms with Crippen molar-refractivity contribution in [3.8, 4) is 0 Å². The van der Waals surface area contributed by atoms with Crippen LogP contribution in [0.4, 0.5) is 11.6 Å². The van der Waals surface area contributed by atoms with E-state index in [-0.39, 0.29) is 0 Å². The summed E-state index contributed by atoms with van der Waals surface area (Å²) in [6.45, 7) is 7.73. The van der Waals surface area contributed by atoms with Gasteiger partial charge in [-0.3, -0.25) is 4.21 Å². The van der Waals surface area contributed by atoms with Crippen LogP contribution in [-0.4, -0.2) is 38.8 Å². The molecule has 0 fully saturated rings. The van der Waals surface area contributed by atoms with E-state index in [2.05, 4.69) is 34.4 Å². The Morgan fingerprint density at radius 1 is 1.11 bits per heavy atom. The van der Waals surface area contributed by atoms with Crippen LogP contribution in [0.1, 0.15) is 32.8 Å². The second kappa shape index (κ2) is 8.85. The Kier molecular flexibility index (Phi) is 7.40. The lowest BCUT2D eigenvalue weighted by Gasteiger charge is -2.13. The number of nitrogens with zero attached hydrogens (tertiary/aromatic N) is 2. The maximum Gasteiger partial charge on any atom is 0.134 e. The third kappa shape index (κ3) is 5.14. The third-order valence-electron chi connectivity index (χ3n) is 2.79. The molecule has 0 saturated heterocycles. The van der Waals surface area contributed by atoms with Crippen LogP contribution in [0.2, 0.25) is 0 Å². The fourth-order valence-corrected chi connectivity index (χ4v) is 2.34. The average molecular weight is 284 g/mol. The van der Waals surface area contributed by atoms with E-state index in [0.29, 0.717) is 18.1 Å². The first-order valence-corrected chi connectivity index (χ1v) is 8.38. The van der Waals surface area contributed by atoms with Crippen LogP contribution in [-0.2, 0) is 17.2 Å². The number of hydrogen-bond donors (Lipinski definition) is 2. The van der Waals surface area contributed by atoms with Gasteiger partial charge in [0, 0.05) is 41.0 Å². The number of rotatable bonds is 9. The maximum atomic E-state index is 11.4. The predicted octanol–water partition coefficient (Wildman–Crippen LogP) is 2.04. The fraction of sp³-hybridized carbons (Fsp3) is 0.692. The largest absolute Gasteiger partial charge is 0.370 e. The molecule has 5 nitrogen and oxygen atoms in total. The number of nitrogens with one attached hydrogen (secondary N) is 2. The molecule has 0 aromatic carbocycles.